The Morgan fingerprint density at radius 2 is 1.32 bits per heavy atom. The molecular formula is C96H144N6O26S2. The topological polar surface area (TPSA) is 394 Å². The van der Waals surface area contributed by atoms with E-state index in [0.29, 0.717) is 205 Å². The highest BCUT2D eigenvalue weighted by Crippen LogP contribution is 2.40. The van der Waals surface area contributed by atoms with Crippen molar-refractivity contribution >= 4 is 68.3 Å². The zero-order chi connectivity index (χ0) is 94.1. The van der Waals surface area contributed by atoms with Gasteiger partial charge in [0.2, 0.25) is 11.7 Å². The molecule has 726 valence electrons. The number of methoxy groups -OCH3 is 4. The summed E-state index contributed by atoms with van der Waals surface area (Å²) in [5, 5.41) is 30.0. The number of nitrogens with one attached hydrogen (secondary N) is 2. The number of nitrogens with two attached hydrogens (primary N) is 1. The summed E-state index contributed by atoms with van der Waals surface area (Å²) in [4.78, 5) is 91.6. The van der Waals surface area contributed by atoms with Crippen LogP contribution in [0.4, 0.5) is 5.82 Å². The second-order valence-electron chi connectivity index (χ2n) is 34.5. The van der Waals surface area contributed by atoms with Gasteiger partial charge in [-0.25, -0.2) is 18.2 Å². The van der Waals surface area contributed by atoms with Crippen molar-refractivity contribution in [3.05, 3.63) is 119 Å². The molecule has 8 rings (SSSR count). The van der Waals surface area contributed by atoms with Gasteiger partial charge in [-0.05, 0) is 180 Å². The van der Waals surface area contributed by atoms with Crippen LogP contribution in [0, 0.1) is 42.4 Å². The number of anilines is 1. The van der Waals surface area contributed by atoms with Gasteiger partial charge in [0, 0.05) is 115 Å². The van der Waals surface area contributed by atoms with Crippen LogP contribution in [0.15, 0.2) is 107 Å². The Balaban J connectivity index is 0.649. The number of piperidine rings is 1. The average Bonchev–Trinajstić information content (AvgIpc) is 0.867. The lowest BCUT2D eigenvalue weighted by molar-refractivity contribution is -0.265. The summed E-state index contributed by atoms with van der Waals surface area (Å²) in [5.41, 5.74) is 10.7. The van der Waals surface area contributed by atoms with Crippen LogP contribution in [0.25, 0.3) is 11.1 Å². The number of thiocarbonyl (C=S) groups is 1. The molecule has 3 amide bonds. The molecular weight excluding hydrogens is 1720 g/mol. The molecule has 34 heteroatoms. The Hall–Kier alpha value is -7.59. The smallest absolute Gasteiger partial charge is 0.329 e. The van der Waals surface area contributed by atoms with Gasteiger partial charge in [-0.3, -0.25) is 24.0 Å². The van der Waals surface area contributed by atoms with E-state index in [9.17, 15) is 47.4 Å². The molecule has 6 N–H and O–H groups in total. The number of aryl methyl sites for hydroxylation is 1. The molecule has 3 fully saturated rings. The van der Waals surface area contributed by atoms with Crippen LogP contribution in [-0.4, -0.2) is 307 Å². The largest absolute Gasteiger partial charge is 0.491 e. The number of ether oxygens (including phenoxy) is 16. The predicted octanol–water partition coefficient (Wildman–Crippen LogP) is 9.63. The van der Waals surface area contributed by atoms with Gasteiger partial charge in [-0.2, -0.15) is 0 Å². The highest BCUT2D eigenvalue weighted by molar-refractivity contribution is 7.91. The van der Waals surface area contributed by atoms with Crippen molar-refractivity contribution in [1.82, 2.24) is 25.4 Å². The van der Waals surface area contributed by atoms with Gasteiger partial charge in [-0.15, -0.1) is 0 Å². The van der Waals surface area contributed by atoms with Gasteiger partial charge in [0.1, 0.15) is 48.6 Å². The third-order valence-corrected chi connectivity index (χ3v) is 26.6. The number of aliphatic hydroxyl groups excluding tert-OH is 1. The number of hydrogen-bond donors (Lipinski definition) is 5. The molecule has 2 bridgehead atoms. The summed E-state index contributed by atoms with van der Waals surface area (Å²) in [7, 11) is 2.45. The van der Waals surface area contributed by atoms with Crippen molar-refractivity contribution in [2.75, 3.05) is 178 Å². The van der Waals surface area contributed by atoms with Crippen LogP contribution >= 0.6 is 12.2 Å². The Morgan fingerprint density at radius 1 is 0.677 bits per heavy atom. The number of esters is 1. The number of Topliss-reactive ketones (excluding diaryl/α,β-unsaturated/α-hetero) is 2. The number of aliphatic hydroxyl groups is 2. The Bertz CT molecular complexity index is 4270. The zero-order valence-corrected chi connectivity index (χ0v) is 79.8. The summed E-state index contributed by atoms with van der Waals surface area (Å²) in [6.07, 6.45) is 13.7. The Kier molecular flexibility index (Phi) is 46.9. The van der Waals surface area contributed by atoms with E-state index in [2.05, 4.69) is 15.6 Å². The van der Waals surface area contributed by atoms with Crippen molar-refractivity contribution in [2.24, 2.45) is 35.5 Å². The number of fused-ring (bicyclic) bond motifs is 4. The second-order valence-corrected chi connectivity index (χ2v) is 36.9. The lowest BCUT2D eigenvalue weighted by atomic mass is 9.78. The van der Waals surface area contributed by atoms with Gasteiger partial charge in [0.25, 0.3) is 22.8 Å². The van der Waals surface area contributed by atoms with Crippen LogP contribution in [0.5, 0.6) is 5.75 Å². The van der Waals surface area contributed by atoms with Crippen LogP contribution < -0.4 is 21.1 Å². The first-order chi connectivity index (χ1) is 62.5. The first kappa shape index (κ1) is 108. The molecule has 1 aliphatic carbocycles. The number of benzene rings is 2. The van der Waals surface area contributed by atoms with Crippen LogP contribution in [0.3, 0.4) is 0 Å². The maximum Gasteiger partial charge on any atom is 0.329 e. The average molecular weight is 1860 g/mol. The van der Waals surface area contributed by atoms with Crippen molar-refractivity contribution < 1.29 is 123 Å². The summed E-state index contributed by atoms with van der Waals surface area (Å²) >= 11 is 5.64. The number of sulfone groups is 1. The first-order valence-corrected chi connectivity index (χ1v) is 48.0. The maximum atomic E-state index is 14.9. The minimum absolute atomic E-state index is 0.0122. The zero-order valence-electron chi connectivity index (χ0n) is 78.2. The summed E-state index contributed by atoms with van der Waals surface area (Å²) in [5.74, 6) is -6.98. The number of pyridine rings is 1. The molecule has 2 saturated heterocycles. The fraction of sp³-hybridized carbons (Fsp3) is 0.667. The maximum absolute atomic E-state index is 14.9. The van der Waals surface area contributed by atoms with Crippen molar-refractivity contribution in [1.29, 1.82) is 0 Å². The number of cyclic esters (lactones) is 1. The van der Waals surface area contributed by atoms with Gasteiger partial charge < -0.3 is 112 Å². The number of allylic oxidation sites excluding steroid dienone is 5. The number of carbonyl (C=O) groups excluding carboxylic acids is 6. The quantitative estimate of drug-likeness (QED) is 0.0116. The van der Waals surface area contributed by atoms with Crippen LogP contribution in [-0.2, 0) is 111 Å². The highest BCUT2D eigenvalue weighted by atomic mass is 32.2. The summed E-state index contributed by atoms with van der Waals surface area (Å²) < 4.78 is 121. The van der Waals surface area contributed by atoms with E-state index in [0.717, 1.165) is 28.7 Å². The molecule has 5 aliphatic rings. The van der Waals surface area contributed by atoms with Crippen molar-refractivity contribution in [3.63, 3.8) is 0 Å². The number of ketones is 2. The van der Waals surface area contributed by atoms with Gasteiger partial charge in [0.15, 0.2) is 15.6 Å². The van der Waals surface area contributed by atoms with E-state index in [1.54, 1.807) is 59.3 Å². The number of rotatable bonds is 41. The fourth-order valence-corrected chi connectivity index (χ4v) is 18.4. The standard InChI is InChI=1S/C96H144N6O26S2/c1-64-18-14-13-15-19-65(2)82(113-9)60-76-25-21-71(8)96(110,128-76)91(106)93(108)102-34-17-16-20-79(102)94(109)126-84(61-83(114-10)67(4)55-70(7)89(105)90(116-12)88(104)69(6)54-64)68(5)56-72-22-28-81(85(58-72)115-11)127-95(129)99-32-37-118-40-42-120-44-46-122-48-50-124-52-51-123-49-47-121-45-43-119-41-39-117-36-31-87(103)98-33-53-130(111,112)77-26-27-78(66(3)57-77)92(107)101-35-38-125-80-29-23-73(59-75(80)63-101)74-24-30-86(97)100-62-74/h13-15,18-19,23-24,26-27,29-30,55,57,59,62,64,67-69,71-72,76,79,81-85,89-90,105,110H,16-17,20-22,25,28,31-54,56,58,60-61,63H2,1-12H3,(H2,97,100)(H,98,103)(H,99,129)/b15-13+,18-14+,65-19+,70-55+/t64-,67-,68-,69-,71-,72+,76+,79+,81-,82+,83-,84+,85-,89-,90+,96-/m1/s1. The molecule has 0 radical (unpaired) electrons. The SMILES string of the molecule is CO[C@H]1C[C@@H]2CC[C@@H](C)[C@@](O)(O2)C(=O)C(=O)N2CCCC[C@H]2C(=O)O[C@H]([C@H](C)C[C@@H]2CC[C@@H](OC(=S)NCCOCCOCCOCCOCCOCCOCCOCCOCCC(=O)NCCS(=O)(=O)c3ccc(C(=O)N4CCOc5ccc(-c6ccc(N)nc6)cc5C4)c(C)c3)[C@H](OC)C2)C[C@@H](OC)[C@H](C)/C=C(\C)[C@@H](O)[C@@H](OC)C(=O)[C@H](C)C[C@H](C)/C=C/C=C/C=C/1C. The van der Waals surface area contributed by atoms with E-state index in [4.69, 9.17) is 93.7 Å². The minimum Gasteiger partial charge on any atom is -0.491 e. The monoisotopic (exact) mass is 1860 g/mol. The number of nitrogens with zero attached hydrogens (tertiary/aromatic N) is 3. The number of carbonyl (C=O) groups is 6. The molecule has 32 nitrogen and oxygen atoms in total. The van der Waals surface area contributed by atoms with Crippen LogP contribution in [0.1, 0.15) is 153 Å². The fourth-order valence-electron chi connectivity index (χ4n) is 17.0. The second kappa shape index (κ2) is 56.6. The molecule has 0 unspecified atom stereocenters. The van der Waals surface area contributed by atoms with E-state index in [1.807, 2.05) is 95.3 Å². The van der Waals surface area contributed by atoms with Gasteiger partial charge in [0.05, 0.1) is 147 Å². The molecule has 1 aromatic heterocycles. The molecule has 0 spiro atoms. The molecule has 130 heavy (non-hydrogen) atoms. The van der Waals surface area contributed by atoms with Crippen molar-refractivity contribution in [3.8, 4) is 16.9 Å². The molecule has 16 atom stereocenters. The Morgan fingerprint density at radius 3 is 1.95 bits per heavy atom. The third kappa shape index (κ3) is 34.4. The first-order valence-electron chi connectivity index (χ1n) is 45.9. The number of aromatic nitrogens is 1. The van der Waals surface area contributed by atoms with E-state index < -0.39 is 87.8 Å². The molecule has 1 saturated carbocycles. The number of hydrogen-bond acceptors (Lipinski definition) is 29. The number of nitrogen functional groups attached to an aromatic ring is 1. The van der Waals surface area contributed by atoms with E-state index in [1.165, 1.54) is 30.2 Å². The predicted molar refractivity (Wildman–Crippen MR) is 492 cm³/mol. The number of amides is 3. The van der Waals surface area contributed by atoms with Crippen LogP contribution in [0.2, 0.25) is 0 Å². The molecule has 2 aromatic carbocycles. The minimum atomic E-state index is -3.78. The lowest BCUT2D eigenvalue weighted by Gasteiger charge is -2.43. The normalized spacial score (nSPS) is 27.2. The Labute approximate surface area is 773 Å². The molecule has 3 aromatic rings. The lowest BCUT2D eigenvalue weighted by Crippen LogP contribution is -2.61. The van der Waals surface area contributed by atoms with E-state index >= 15 is 0 Å². The highest BCUT2D eigenvalue weighted by Gasteiger charge is 2.53. The van der Waals surface area contributed by atoms with Gasteiger partial charge >= 0.3 is 5.97 Å². The summed E-state index contributed by atoms with van der Waals surface area (Å²) in [6.45, 7) is 21.9. The molecule has 5 heterocycles. The van der Waals surface area contributed by atoms with Gasteiger partial charge in [-0.1, -0.05) is 77.1 Å². The molecule has 4 aliphatic heterocycles. The third-order valence-electron chi connectivity index (χ3n) is 24.7. The van der Waals surface area contributed by atoms with E-state index in [-0.39, 0.29) is 115 Å². The van der Waals surface area contributed by atoms with Crippen molar-refractivity contribution in [2.45, 2.75) is 211 Å². The summed E-state index contributed by atoms with van der Waals surface area (Å²) in [6, 6.07) is 12.7.